The number of amides is 1. The Morgan fingerprint density at radius 1 is 1.07 bits per heavy atom. The highest BCUT2D eigenvalue weighted by Gasteiger charge is 2.23. The summed E-state index contributed by atoms with van der Waals surface area (Å²) in [6.45, 7) is 2.94. The molecular formula is C23H30N2O4. The van der Waals surface area contributed by atoms with Gasteiger partial charge < -0.3 is 24.4 Å². The van der Waals surface area contributed by atoms with Gasteiger partial charge in [-0.25, -0.2) is 0 Å². The zero-order chi connectivity index (χ0) is 20.6. The average Bonchev–Trinajstić information content (AvgIpc) is 2.77. The number of piperidine rings is 1. The monoisotopic (exact) mass is 398 g/mol. The molecule has 0 aromatic heterocycles. The van der Waals surface area contributed by atoms with Crippen LogP contribution in [0, 0.1) is 0 Å². The Kier molecular flexibility index (Phi) is 7.36. The second-order valence-electron chi connectivity index (χ2n) is 7.26. The molecule has 0 radical (unpaired) electrons. The Morgan fingerprint density at radius 3 is 2.38 bits per heavy atom. The molecule has 1 aliphatic rings. The van der Waals surface area contributed by atoms with E-state index in [9.17, 15) is 4.79 Å². The van der Waals surface area contributed by atoms with Gasteiger partial charge in [0.2, 0.25) is 5.75 Å². The molecule has 156 valence electrons. The fourth-order valence-corrected chi connectivity index (χ4v) is 3.79. The van der Waals surface area contributed by atoms with E-state index in [0.717, 1.165) is 38.9 Å². The van der Waals surface area contributed by atoms with Crippen molar-refractivity contribution in [1.82, 2.24) is 10.2 Å². The minimum absolute atomic E-state index is 0.126. The predicted molar refractivity (Wildman–Crippen MR) is 113 cm³/mol. The third-order valence-corrected chi connectivity index (χ3v) is 5.33. The standard InChI is InChI=1S/C23H30N2O4/c1-27-20-14-18(15-21(28-2)22(20)29-3)23(26)24-19-10-7-12-25(16-19)13-11-17-8-5-4-6-9-17/h4-6,8-9,14-15,19H,7,10-13,16H2,1-3H3,(H,24,26). The fraction of sp³-hybridized carbons (Fsp3) is 0.435. The van der Waals surface area contributed by atoms with Gasteiger partial charge in [-0.2, -0.15) is 0 Å². The number of likely N-dealkylation sites (tertiary alicyclic amines) is 1. The molecule has 1 aliphatic heterocycles. The second-order valence-corrected chi connectivity index (χ2v) is 7.26. The summed E-state index contributed by atoms with van der Waals surface area (Å²) in [5.41, 5.74) is 1.84. The maximum Gasteiger partial charge on any atom is 0.251 e. The van der Waals surface area contributed by atoms with E-state index >= 15 is 0 Å². The van der Waals surface area contributed by atoms with E-state index in [4.69, 9.17) is 14.2 Å². The average molecular weight is 399 g/mol. The van der Waals surface area contributed by atoms with Crippen molar-refractivity contribution in [3.05, 3.63) is 53.6 Å². The van der Waals surface area contributed by atoms with Crippen LogP contribution in [0.1, 0.15) is 28.8 Å². The van der Waals surface area contributed by atoms with Crippen LogP contribution in [-0.4, -0.2) is 57.8 Å². The summed E-state index contributed by atoms with van der Waals surface area (Å²) < 4.78 is 16.0. The highest BCUT2D eigenvalue weighted by atomic mass is 16.5. The number of hydrogen-bond donors (Lipinski definition) is 1. The van der Waals surface area contributed by atoms with E-state index in [1.54, 1.807) is 33.5 Å². The molecule has 1 N–H and O–H groups in total. The number of benzene rings is 2. The molecule has 1 atom stereocenters. The maximum absolute atomic E-state index is 12.9. The molecule has 1 amide bonds. The number of hydrogen-bond acceptors (Lipinski definition) is 5. The quantitative estimate of drug-likeness (QED) is 0.740. The lowest BCUT2D eigenvalue weighted by atomic mass is 10.0. The van der Waals surface area contributed by atoms with Crippen LogP contribution in [0.3, 0.4) is 0 Å². The topological polar surface area (TPSA) is 60.0 Å². The molecule has 0 bridgehead atoms. The van der Waals surface area contributed by atoms with Gasteiger partial charge in [0.1, 0.15) is 0 Å². The van der Waals surface area contributed by atoms with Crippen molar-refractivity contribution in [3.63, 3.8) is 0 Å². The molecule has 1 unspecified atom stereocenters. The van der Waals surface area contributed by atoms with Crippen LogP contribution >= 0.6 is 0 Å². The lowest BCUT2D eigenvalue weighted by Crippen LogP contribution is -2.48. The summed E-state index contributed by atoms with van der Waals surface area (Å²) in [5.74, 6) is 1.31. The van der Waals surface area contributed by atoms with Crippen LogP contribution < -0.4 is 19.5 Å². The Balaban J connectivity index is 1.61. The molecule has 1 fully saturated rings. The van der Waals surface area contributed by atoms with Crippen molar-refractivity contribution in [2.24, 2.45) is 0 Å². The zero-order valence-corrected chi connectivity index (χ0v) is 17.4. The first-order chi connectivity index (χ1) is 14.1. The molecule has 2 aromatic carbocycles. The third kappa shape index (κ3) is 5.41. The molecule has 3 rings (SSSR count). The molecule has 29 heavy (non-hydrogen) atoms. The maximum atomic E-state index is 12.9. The van der Waals surface area contributed by atoms with Gasteiger partial charge in [0.15, 0.2) is 11.5 Å². The molecule has 0 saturated carbocycles. The van der Waals surface area contributed by atoms with Gasteiger partial charge in [-0.05, 0) is 43.5 Å². The minimum Gasteiger partial charge on any atom is -0.493 e. The Labute approximate surface area is 172 Å². The van der Waals surface area contributed by atoms with Gasteiger partial charge in [-0.1, -0.05) is 30.3 Å². The summed E-state index contributed by atoms with van der Waals surface area (Å²) in [4.78, 5) is 15.3. The van der Waals surface area contributed by atoms with Crippen LogP contribution in [0.5, 0.6) is 17.2 Å². The lowest BCUT2D eigenvalue weighted by Gasteiger charge is -2.33. The number of rotatable bonds is 8. The van der Waals surface area contributed by atoms with E-state index in [-0.39, 0.29) is 11.9 Å². The van der Waals surface area contributed by atoms with Crippen molar-refractivity contribution >= 4 is 5.91 Å². The molecule has 1 heterocycles. The zero-order valence-electron chi connectivity index (χ0n) is 17.4. The van der Waals surface area contributed by atoms with Crippen molar-refractivity contribution in [2.75, 3.05) is 41.0 Å². The summed E-state index contributed by atoms with van der Waals surface area (Å²) in [5, 5.41) is 3.17. The third-order valence-electron chi connectivity index (χ3n) is 5.33. The van der Waals surface area contributed by atoms with Crippen molar-refractivity contribution in [2.45, 2.75) is 25.3 Å². The molecule has 0 spiro atoms. The molecule has 6 heteroatoms. The van der Waals surface area contributed by atoms with Crippen LogP contribution in [0.25, 0.3) is 0 Å². The van der Waals surface area contributed by atoms with Gasteiger partial charge in [0, 0.05) is 24.7 Å². The van der Waals surface area contributed by atoms with Crippen LogP contribution in [0.15, 0.2) is 42.5 Å². The molecule has 1 saturated heterocycles. The highest BCUT2D eigenvalue weighted by Crippen LogP contribution is 2.38. The van der Waals surface area contributed by atoms with Crippen molar-refractivity contribution < 1.29 is 19.0 Å². The molecule has 6 nitrogen and oxygen atoms in total. The van der Waals surface area contributed by atoms with Crippen LogP contribution in [0.2, 0.25) is 0 Å². The number of nitrogens with zero attached hydrogens (tertiary/aromatic N) is 1. The Bertz CT molecular complexity index is 785. The van der Waals surface area contributed by atoms with Crippen molar-refractivity contribution in [3.8, 4) is 17.2 Å². The van der Waals surface area contributed by atoms with E-state index in [1.807, 2.05) is 6.07 Å². The van der Waals surface area contributed by atoms with E-state index < -0.39 is 0 Å². The molecule has 0 aliphatic carbocycles. The first-order valence-corrected chi connectivity index (χ1v) is 10.0. The van der Waals surface area contributed by atoms with E-state index in [2.05, 4.69) is 34.5 Å². The summed E-state index contributed by atoms with van der Waals surface area (Å²) in [6, 6.07) is 14.0. The molecule has 2 aromatic rings. The highest BCUT2D eigenvalue weighted by molar-refractivity contribution is 5.95. The number of ether oxygens (including phenoxy) is 3. The van der Waals surface area contributed by atoms with Crippen molar-refractivity contribution in [1.29, 1.82) is 0 Å². The lowest BCUT2D eigenvalue weighted by molar-refractivity contribution is 0.0903. The SMILES string of the molecule is COc1cc(C(=O)NC2CCCN(CCc3ccccc3)C2)cc(OC)c1OC. The Hall–Kier alpha value is -2.73. The first kappa shape index (κ1) is 21.0. The van der Waals surface area contributed by atoms with E-state index in [1.165, 1.54) is 5.56 Å². The van der Waals surface area contributed by atoms with Gasteiger partial charge in [-0.3, -0.25) is 4.79 Å². The predicted octanol–water partition coefficient (Wildman–Crippen LogP) is 3.15. The number of methoxy groups -OCH3 is 3. The first-order valence-electron chi connectivity index (χ1n) is 10.0. The minimum atomic E-state index is -0.126. The van der Waals surface area contributed by atoms with Gasteiger partial charge >= 0.3 is 0 Å². The van der Waals surface area contributed by atoms with Crippen LogP contribution in [0.4, 0.5) is 0 Å². The Morgan fingerprint density at radius 2 is 1.76 bits per heavy atom. The number of carbonyl (C=O) groups excluding carboxylic acids is 1. The summed E-state index contributed by atoms with van der Waals surface area (Å²) in [7, 11) is 4.64. The largest absolute Gasteiger partial charge is 0.493 e. The number of carbonyl (C=O) groups is 1. The molecular weight excluding hydrogens is 368 g/mol. The van der Waals surface area contributed by atoms with Gasteiger partial charge in [-0.15, -0.1) is 0 Å². The summed E-state index contributed by atoms with van der Waals surface area (Å²) >= 11 is 0. The smallest absolute Gasteiger partial charge is 0.251 e. The summed E-state index contributed by atoms with van der Waals surface area (Å²) in [6.07, 6.45) is 3.08. The normalized spacial score (nSPS) is 16.9. The van der Waals surface area contributed by atoms with Gasteiger partial charge in [0.25, 0.3) is 5.91 Å². The second kappa shape index (κ2) is 10.2. The number of nitrogens with one attached hydrogen (secondary N) is 1. The van der Waals surface area contributed by atoms with Gasteiger partial charge in [0.05, 0.1) is 21.3 Å². The van der Waals surface area contributed by atoms with E-state index in [0.29, 0.717) is 22.8 Å². The fourth-order valence-electron chi connectivity index (χ4n) is 3.79. The van der Waals surface area contributed by atoms with Crippen LogP contribution in [-0.2, 0) is 6.42 Å².